The van der Waals surface area contributed by atoms with Gasteiger partial charge in [0.05, 0.1) is 5.56 Å². The van der Waals surface area contributed by atoms with Gasteiger partial charge in [0.25, 0.3) is 0 Å². The molecule has 0 N–H and O–H groups in total. The molecule has 0 saturated carbocycles. The number of rotatable bonds is 2. The summed E-state index contributed by atoms with van der Waals surface area (Å²) in [5.41, 5.74) is 0.744. The lowest BCUT2D eigenvalue weighted by atomic mass is 10.1. The van der Waals surface area contributed by atoms with Gasteiger partial charge in [-0.15, -0.1) is 11.3 Å². The van der Waals surface area contributed by atoms with E-state index in [1.807, 2.05) is 50.8 Å². The van der Waals surface area contributed by atoms with E-state index in [0.29, 0.717) is 0 Å². The third-order valence-electron chi connectivity index (χ3n) is 2.37. The molecule has 17 heavy (non-hydrogen) atoms. The van der Waals surface area contributed by atoms with E-state index < -0.39 is 8.32 Å². The number of thiophene rings is 1. The molecular weight excluding hydrogens is 248 g/mol. The average Bonchev–Trinajstić information content (AvgIpc) is 2.50. The SMILES string of the molecule is Cc1sc2ccccc2c1C(=O)O[Si](C)(C)C. The van der Waals surface area contributed by atoms with Crippen LogP contribution in [0.5, 0.6) is 0 Å². The first kappa shape index (κ1) is 12.3. The lowest BCUT2D eigenvalue weighted by molar-refractivity contribution is 0.0726. The molecule has 0 aliphatic rings. The van der Waals surface area contributed by atoms with Crippen molar-refractivity contribution in [2.24, 2.45) is 0 Å². The van der Waals surface area contributed by atoms with E-state index in [1.54, 1.807) is 11.3 Å². The van der Waals surface area contributed by atoms with Crippen molar-refractivity contribution >= 4 is 35.7 Å². The third-order valence-corrected chi connectivity index (χ3v) is 4.26. The summed E-state index contributed by atoms with van der Waals surface area (Å²) in [4.78, 5) is 13.2. The lowest BCUT2D eigenvalue weighted by Crippen LogP contribution is -2.29. The predicted molar refractivity (Wildman–Crippen MR) is 75.3 cm³/mol. The van der Waals surface area contributed by atoms with Gasteiger partial charge in [-0.05, 0) is 32.6 Å². The zero-order chi connectivity index (χ0) is 12.6. The monoisotopic (exact) mass is 264 g/mol. The van der Waals surface area contributed by atoms with Gasteiger partial charge in [-0.3, -0.25) is 0 Å². The Morgan fingerprint density at radius 3 is 2.53 bits per heavy atom. The van der Waals surface area contributed by atoms with Gasteiger partial charge >= 0.3 is 5.97 Å². The number of fused-ring (bicyclic) bond motifs is 1. The molecule has 2 aromatic rings. The minimum atomic E-state index is -1.83. The molecule has 0 spiro atoms. The molecule has 1 aromatic heterocycles. The smallest absolute Gasteiger partial charge is 0.326 e. The van der Waals surface area contributed by atoms with E-state index in [2.05, 4.69) is 0 Å². The van der Waals surface area contributed by atoms with E-state index in [4.69, 9.17) is 4.43 Å². The van der Waals surface area contributed by atoms with Crippen molar-refractivity contribution in [2.45, 2.75) is 26.6 Å². The second kappa shape index (κ2) is 4.27. The Bertz CT molecular complexity index is 566. The zero-order valence-electron chi connectivity index (χ0n) is 10.5. The Balaban J connectivity index is 2.48. The maximum Gasteiger partial charge on any atom is 0.326 e. The molecule has 0 aliphatic heterocycles. The van der Waals surface area contributed by atoms with Crippen molar-refractivity contribution < 1.29 is 9.22 Å². The molecule has 0 bridgehead atoms. The molecule has 0 saturated heterocycles. The van der Waals surface area contributed by atoms with E-state index in [1.165, 1.54) is 0 Å². The van der Waals surface area contributed by atoms with Crippen LogP contribution in [0, 0.1) is 6.92 Å². The fourth-order valence-corrected chi connectivity index (χ4v) is 3.46. The molecule has 2 nitrogen and oxygen atoms in total. The Labute approximate surface area is 106 Å². The van der Waals surface area contributed by atoms with Gasteiger partial charge in [-0.1, -0.05) is 18.2 Å². The van der Waals surface area contributed by atoms with Crippen LogP contribution in [0.1, 0.15) is 15.2 Å². The van der Waals surface area contributed by atoms with Gasteiger partial charge in [0.1, 0.15) is 0 Å². The Kier molecular flexibility index (Phi) is 3.10. The summed E-state index contributed by atoms with van der Waals surface area (Å²) in [6.45, 7) is 8.05. The second-order valence-electron chi connectivity index (χ2n) is 5.03. The third kappa shape index (κ3) is 2.58. The summed E-state index contributed by atoms with van der Waals surface area (Å²) >= 11 is 1.65. The molecule has 0 unspecified atom stereocenters. The Morgan fingerprint density at radius 2 is 1.88 bits per heavy atom. The Morgan fingerprint density at radius 1 is 1.24 bits per heavy atom. The van der Waals surface area contributed by atoms with Gasteiger partial charge < -0.3 is 4.43 Å². The number of carbonyl (C=O) groups excluding carboxylic acids is 1. The molecule has 0 atom stereocenters. The van der Waals surface area contributed by atoms with E-state index in [-0.39, 0.29) is 5.97 Å². The molecule has 90 valence electrons. The van der Waals surface area contributed by atoms with Crippen LogP contribution >= 0.6 is 11.3 Å². The van der Waals surface area contributed by atoms with Gasteiger partial charge in [-0.2, -0.15) is 0 Å². The molecule has 1 aromatic carbocycles. The van der Waals surface area contributed by atoms with Crippen LogP contribution in [0.3, 0.4) is 0 Å². The highest BCUT2D eigenvalue weighted by molar-refractivity contribution is 7.19. The highest BCUT2D eigenvalue weighted by atomic mass is 32.1. The van der Waals surface area contributed by atoms with E-state index in [9.17, 15) is 4.79 Å². The Hall–Kier alpha value is -1.13. The summed E-state index contributed by atoms with van der Waals surface area (Å²) < 4.78 is 6.72. The van der Waals surface area contributed by atoms with Crippen molar-refractivity contribution in [2.75, 3.05) is 0 Å². The van der Waals surface area contributed by atoms with Gasteiger partial charge in [0.15, 0.2) is 0 Å². The van der Waals surface area contributed by atoms with Crippen LogP contribution in [0.2, 0.25) is 19.6 Å². The van der Waals surface area contributed by atoms with Crippen molar-refractivity contribution in [3.63, 3.8) is 0 Å². The first-order chi connectivity index (χ1) is 7.88. The molecule has 0 radical (unpaired) electrons. The minimum absolute atomic E-state index is 0.167. The van der Waals surface area contributed by atoms with Crippen molar-refractivity contribution in [3.8, 4) is 0 Å². The van der Waals surface area contributed by atoms with E-state index in [0.717, 1.165) is 20.5 Å². The number of hydrogen-bond donors (Lipinski definition) is 0. The number of benzene rings is 1. The standard InChI is InChI=1S/C13H16O2SSi/c1-9-12(13(14)15-17(2,3)4)10-7-5-6-8-11(10)16-9/h5-8H,1-4H3. The van der Waals surface area contributed by atoms with Gasteiger partial charge in [0, 0.05) is 15.0 Å². The second-order valence-corrected chi connectivity index (χ2v) is 10.7. The fraction of sp³-hybridized carbons (Fsp3) is 0.308. The van der Waals surface area contributed by atoms with E-state index >= 15 is 0 Å². The van der Waals surface area contributed by atoms with Crippen LogP contribution in [0.4, 0.5) is 0 Å². The molecule has 0 aliphatic carbocycles. The average molecular weight is 264 g/mol. The fourth-order valence-electron chi connectivity index (χ4n) is 1.75. The molecule has 4 heteroatoms. The lowest BCUT2D eigenvalue weighted by Gasteiger charge is -2.17. The minimum Gasteiger partial charge on any atom is -0.516 e. The van der Waals surface area contributed by atoms with Gasteiger partial charge in [-0.25, -0.2) is 4.79 Å². The first-order valence-electron chi connectivity index (χ1n) is 5.60. The summed E-state index contributed by atoms with van der Waals surface area (Å²) in [5, 5.41) is 1.01. The first-order valence-corrected chi connectivity index (χ1v) is 9.82. The molecule has 0 fully saturated rings. The van der Waals surface area contributed by atoms with Crippen LogP contribution in [0.25, 0.3) is 10.1 Å². The highest BCUT2D eigenvalue weighted by Crippen LogP contribution is 2.31. The quantitative estimate of drug-likeness (QED) is 0.760. The molecular formula is C13H16O2SSi. The van der Waals surface area contributed by atoms with Crippen LogP contribution in [-0.2, 0) is 4.43 Å². The summed E-state index contributed by atoms with van der Waals surface area (Å²) in [5.74, 6) is -0.167. The number of hydrogen-bond acceptors (Lipinski definition) is 3. The van der Waals surface area contributed by atoms with Crippen LogP contribution in [0.15, 0.2) is 24.3 Å². The topological polar surface area (TPSA) is 26.3 Å². The maximum atomic E-state index is 12.2. The molecule has 2 rings (SSSR count). The molecule has 1 heterocycles. The summed E-state index contributed by atoms with van der Waals surface area (Å²) in [6.07, 6.45) is 0. The van der Waals surface area contributed by atoms with Crippen molar-refractivity contribution in [1.29, 1.82) is 0 Å². The number of carbonyl (C=O) groups is 1. The summed E-state index contributed by atoms with van der Waals surface area (Å²) in [6, 6.07) is 7.98. The zero-order valence-corrected chi connectivity index (χ0v) is 12.4. The highest BCUT2D eigenvalue weighted by Gasteiger charge is 2.24. The van der Waals surface area contributed by atoms with Crippen molar-refractivity contribution in [3.05, 3.63) is 34.7 Å². The van der Waals surface area contributed by atoms with Crippen molar-refractivity contribution in [1.82, 2.24) is 0 Å². The summed E-state index contributed by atoms with van der Waals surface area (Å²) in [7, 11) is -1.83. The number of aryl methyl sites for hydroxylation is 1. The molecule has 0 amide bonds. The predicted octanol–water partition coefficient (Wildman–Crippen LogP) is 4.20. The van der Waals surface area contributed by atoms with Crippen LogP contribution < -0.4 is 0 Å². The largest absolute Gasteiger partial charge is 0.516 e. The maximum absolute atomic E-state index is 12.2. The van der Waals surface area contributed by atoms with Crippen LogP contribution in [-0.4, -0.2) is 14.3 Å². The normalized spacial score (nSPS) is 11.8. The van der Waals surface area contributed by atoms with Gasteiger partial charge in [0.2, 0.25) is 8.32 Å².